The lowest BCUT2D eigenvalue weighted by atomic mass is 9.79. The van der Waals surface area contributed by atoms with Gasteiger partial charge in [0.1, 0.15) is 23.5 Å². The second-order valence-corrected chi connectivity index (χ2v) is 12.7. The molecule has 0 aromatic heterocycles. The van der Waals surface area contributed by atoms with Crippen molar-refractivity contribution in [1.29, 1.82) is 0 Å². The van der Waals surface area contributed by atoms with E-state index in [0.717, 1.165) is 5.71 Å². The predicted molar refractivity (Wildman–Crippen MR) is 155 cm³/mol. The third-order valence-electron chi connectivity index (χ3n) is 8.29. The molecule has 1 aromatic rings. The summed E-state index contributed by atoms with van der Waals surface area (Å²) in [6.07, 6.45) is 2.40. The Morgan fingerprint density at radius 3 is 2.64 bits per heavy atom. The van der Waals surface area contributed by atoms with Crippen LogP contribution in [0.2, 0.25) is 0 Å². The number of carbonyl (C=O) groups is 1. The fraction of sp³-hybridized carbons (Fsp3) is 0.600. The van der Waals surface area contributed by atoms with E-state index < -0.39 is 47.7 Å². The molecule has 242 valence electrons. The number of hydrazine groups is 2. The molecule has 14 heteroatoms. The van der Waals surface area contributed by atoms with Crippen molar-refractivity contribution >= 4 is 11.8 Å². The minimum atomic E-state index is -0.949. The zero-order valence-corrected chi connectivity index (χ0v) is 25.6. The fourth-order valence-electron chi connectivity index (χ4n) is 6.05. The summed E-state index contributed by atoms with van der Waals surface area (Å²) in [6, 6.07) is 2.34. The lowest BCUT2D eigenvalue weighted by Crippen LogP contribution is -2.45. The summed E-state index contributed by atoms with van der Waals surface area (Å²) in [5.41, 5.74) is 6.00. The topological polar surface area (TPSA) is 146 Å². The highest BCUT2D eigenvalue weighted by Gasteiger charge is 2.45. The lowest BCUT2D eigenvalue weighted by molar-refractivity contribution is -0.0505. The maximum Gasteiger partial charge on any atom is 0.407 e. The van der Waals surface area contributed by atoms with Crippen molar-refractivity contribution in [2.75, 3.05) is 20.3 Å². The number of hydrogen-bond acceptors (Lipinski definition) is 11. The number of alkyl carbamates (subject to hydrolysis) is 1. The molecule has 1 saturated heterocycles. The summed E-state index contributed by atoms with van der Waals surface area (Å²) >= 11 is 0. The first kappa shape index (κ1) is 31.8. The number of amides is 1. The van der Waals surface area contributed by atoms with Gasteiger partial charge in [0.05, 0.1) is 25.4 Å². The van der Waals surface area contributed by atoms with E-state index in [1.54, 1.807) is 0 Å². The highest BCUT2D eigenvalue weighted by molar-refractivity contribution is 5.87. The Bertz CT molecular complexity index is 1370. The van der Waals surface area contributed by atoms with Crippen LogP contribution in [-0.4, -0.2) is 70.6 Å². The van der Waals surface area contributed by atoms with Gasteiger partial charge in [-0.1, -0.05) is 17.3 Å². The van der Waals surface area contributed by atoms with Gasteiger partial charge in [-0.05, 0) is 58.9 Å². The third kappa shape index (κ3) is 6.57. The molecule has 0 radical (unpaired) electrons. The van der Waals surface area contributed by atoms with Gasteiger partial charge < -0.3 is 34.6 Å². The molecule has 5 N–H and O–H groups in total. The fourth-order valence-corrected chi connectivity index (χ4v) is 6.05. The molecule has 0 bridgehead atoms. The van der Waals surface area contributed by atoms with Crippen LogP contribution in [0.4, 0.5) is 13.6 Å². The number of rotatable bonds is 7. The van der Waals surface area contributed by atoms with Gasteiger partial charge >= 0.3 is 6.09 Å². The summed E-state index contributed by atoms with van der Waals surface area (Å²) in [5.74, 6) is -2.01. The molecule has 3 heterocycles. The predicted octanol–water partition coefficient (Wildman–Crippen LogP) is 4.03. The first-order chi connectivity index (χ1) is 20.8. The Balaban J connectivity index is 1.26. The summed E-state index contributed by atoms with van der Waals surface area (Å²) in [7, 11) is 1.44. The monoisotopic (exact) mass is 621 g/mol. The van der Waals surface area contributed by atoms with Crippen LogP contribution in [0.3, 0.4) is 0 Å². The van der Waals surface area contributed by atoms with Crippen LogP contribution in [-0.2, 0) is 19.0 Å². The second-order valence-electron chi connectivity index (χ2n) is 12.7. The van der Waals surface area contributed by atoms with E-state index in [1.165, 1.54) is 31.2 Å². The number of methoxy groups -OCH3 is 1. The van der Waals surface area contributed by atoms with Gasteiger partial charge in [0.2, 0.25) is 0 Å². The Morgan fingerprint density at radius 1 is 1.25 bits per heavy atom. The van der Waals surface area contributed by atoms with Gasteiger partial charge in [-0.3, -0.25) is 5.01 Å². The molecule has 5 rings (SSSR count). The molecular weight excluding hydrogens is 580 g/mol. The number of hydrogen-bond donors (Lipinski definition) is 5. The molecule has 1 aromatic carbocycles. The molecular formula is C30H41F2N5O7. The van der Waals surface area contributed by atoms with Crippen LogP contribution in [0.1, 0.15) is 76.5 Å². The normalized spacial score (nSPS) is 27.3. The molecule has 1 saturated carbocycles. The van der Waals surface area contributed by atoms with E-state index in [4.69, 9.17) is 19.0 Å². The number of oxime groups is 1. The summed E-state index contributed by atoms with van der Waals surface area (Å²) < 4.78 is 46.1. The number of nitrogens with zero attached hydrogens (tertiary/aromatic N) is 2. The Kier molecular flexibility index (Phi) is 8.96. The summed E-state index contributed by atoms with van der Waals surface area (Å²) in [6.45, 7) is 6.47. The van der Waals surface area contributed by atoms with Crippen LogP contribution in [0, 0.1) is 18.6 Å². The maximum atomic E-state index is 14.7. The Hall–Kier alpha value is -3.62. The van der Waals surface area contributed by atoms with Gasteiger partial charge in [-0.25, -0.2) is 19.0 Å². The molecule has 1 aliphatic carbocycles. The molecule has 1 spiro atoms. The average molecular weight is 622 g/mol. The SMILES string of the molecule is COC1=C(N2C[C@H](c3ccc(C)c(F)c3F)NN2)C(O)=C(CO)O[C@@H]1CC1=NOC2(CCC(NC(=O)OC(C)(C)C)CC2)C1. The molecule has 4 aliphatic rings. The van der Waals surface area contributed by atoms with Crippen LogP contribution >= 0.6 is 0 Å². The minimum absolute atomic E-state index is 0.0223. The molecule has 1 amide bonds. The number of aryl methyl sites for hydroxylation is 1. The van der Waals surface area contributed by atoms with Crippen LogP contribution < -0.4 is 16.3 Å². The van der Waals surface area contributed by atoms with Crippen LogP contribution in [0.15, 0.2) is 40.3 Å². The van der Waals surface area contributed by atoms with Gasteiger partial charge in [0.25, 0.3) is 0 Å². The molecule has 2 fully saturated rings. The number of aliphatic hydroxyl groups is 2. The smallest absolute Gasteiger partial charge is 0.407 e. The number of nitrogens with one attached hydrogen (secondary N) is 3. The van der Waals surface area contributed by atoms with Crippen molar-refractivity contribution in [2.45, 2.75) is 95.6 Å². The minimum Gasteiger partial charge on any atom is -0.503 e. The molecule has 12 nitrogen and oxygen atoms in total. The third-order valence-corrected chi connectivity index (χ3v) is 8.29. The van der Waals surface area contributed by atoms with Crippen molar-refractivity contribution < 1.29 is 42.8 Å². The van der Waals surface area contributed by atoms with E-state index in [-0.39, 0.29) is 53.1 Å². The van der Waals surface area contributed by atoms with Crippen molar-refractivity contribution in [2.24, 2.45) is 5.16 Å². The van der Waals surface area contributed by atoms with E-state index in [1.807, 2.05) is 20.8 Å². The molecule has 44 heavy (non-hydrogen) atoms. The highest BCUT2D eigenvalue weighted by atomic mass is 19.2. The number of benzene rings is 1. The molecule has 2 atom stereocenters. The number of ether oxygens (including phenoxy) is 3. The van der Waals surface area contributed by atoms with Crippen molar-refractivity contribution in [1.82, 2.24) is 21.3 Å². The Labute approximate surface area is 255 Å². The van der Waals surface area contributed by atoms with E-state index >= 15 is 0 Å². The number of aliphatic hydroxyl groups excluding tert-OH is 2. The van der Waals surface area contributed by atoms with Gasteiger partial charge in [-0.2, -0.15) is 5.53 Å². The Morgan fingerprint density at radius 2 is 1.98 bits per heavy atom. The second kappa shape index (κ2) is 12.4. The summed E-state index contributed by atoms with van der Waals surface area (Å²) in [5, 5.41) is 29.8. The maximum absolute atomic E-state index is 14.7. The van der Waals surface area contributed by atoms with E-state index in [0.29, 0.717) is 32.1 Å². The van der Waals surface area contributed by atoms with Crippen LogP contribution in [0.5, 0.6) is 0 Å². The van der Waals surface area contributed by atoms with Crippen molar-refractivity contribution in [3.8, 4) is 0 Å². The van der Waals surface area contributed by atoms with E-state index in [9.17, 15) is 23.8 Å². The first-order valence-corrected chi connectivity index (χ1v) is 14.8. The van der Waals surface area contributed by atoms with Gasteiger partial charge in [0, 0.05) is 24.4 Å². The average Bonchev–Trinajstić information content (AvgIpc) is 3.60. The van der Waals surface area contributed by atoms with Crippen LogP contribution in [0.25, 0.3) is 0 Å². The highest BCUT2D eigenvalue weighted by Crippen LogP contribution is 2.41. The zero-order valence-electron chi connectivity index (χ0n) is 25.6. The molecule has 3 aliphatic heterocycles. The van der Waals surface area contributed by atoms with Crippen molar-refractivity contribution in [3.63, 3.8) is 0 Å². The zero-order chi connectivity index (χ0) is 31.8. The first-order valence-electron chi connectivity index (χ1n) is 14.8. The van der Waals surface area contributed by atoms with Crippen molar-refractivity contribution in [3.05, 3.63) is 57.9 Å². The molecule has 0 unspecified atom stereocenters. The number of halogens is 2. The number of carbonyl (C=O) groups excluding carboxylic acids is 1. The lowest BCUT2D eigenvalue weighted by Gasteiger charge is -2.35. The van der Waals surface area contributed by atoms with Gasteiger partial charge in [-0.15, -0.1) is 0 Å². The quantitative estimate of drug-likeness (QED) is 0.303. The van der Waals surface area contributed by atoms with Gasteiger partial charge in [0.15, 0.2) is 35.0 Å². The summed E-state index contributed by atoms with van der Waals surface area (Å²) in [4.78, 5) is 18.2. The largest absolute Gasteiger partial charge is 0.503 e. The van der Waals surface area contributed by atoms with E-state index in [2.05, 4.69) is 21.4 Å². The standard InChI is InChI=1S/C30H41F2N5O7/c1-16-6-7-19(24(32)23(16)31)20-14-37(36-34-20)25-26(39)22(15-38)42-21(27(25)41-5)12-18-13-30(44-35-18)10-8-17(9-11-30)33-28(40)43-29(2,3)4/h6-7,17,20-21,34,36,38-39H,8-15H2,1-5H3,(H,33,40)/t17?,20-,21-,30?/m1/s1.